The number of para-hydroxylation sites is 2. The molecule has 0 unspecified atom stereocenters. The topological polar surface area (TPSA) is 69.0 Å². The highest BCUT2D eigenvalue weighted by molar-refractivity contribution is 7.99. The molecule has 27 heavy (non-hydrogen) atoms. The van der Waals surface area contributed by atoms with Crippen LogP contribution in [0.5, 0.6) is 5.75 Å². The smallest absolute Gasteiger partial charge is 0.234 e. The number of aryl methyl sites for hydroxylation is 1. The van der Waals surface area contributed by atoms with E-state index in [0.29, 0.717) is 23.2 Å². The number of carbonyl (C=O) groups excluding carboxylic acids is 1. The Morgan fingerprint density at radius 3 is 2.63 bits per heavy atom. The minimum atomic E-state index is -0.118. The maximum absolute atomic E-state index is 12.3. The summed E-state index contributed by atoms with van der Waals surface area (Å²) in [7, 11) is 1.90. The van der Waals surface area contributed by atoms with Crippen molar-refractivity contribution in [2.75, 3.05) is 17.7 Å². The molecule has 0 aliphatic heterocycles. The van der Waals surface area contributed by atoms with E-state index < -0.39 is 0 Å². The van der Waals surface area contributed by atoms with Gasteiger partial charge in [0.05, 0.1) is 18.0 Å². The first kappa shape index (κ1) is 19.0. The molecular formula is C20H22N4O2S. The van der Waals surface area contributed by atoms with E-state index in [9.17, 15) is 4.79 Å². The second-order valence-corrected chi connectivity index (χ2v) is 6.94. The number of anilines is 1. The molecule has 0 saturated carbocycles. The summed E-state index contributed by atoms with van der Waals surface area (Å²) < 4.78 is 7.43. The number of carbonyl (C=O) groups is 1. The zero-order chi connectivity index (χ0) is 19.2. The van der Waals surface area contributed by atoms with E-state index in [1.54, 1.807) is 0 Å². The van der Waals surface area contributed by atoms with Crippen molar-refractivity contribution in [3.05, 3.63) is 54.1 Å². The molecule has 1 amide bonds. The zero-order valence-electron chi connectivity index (χ0n) is 15.6. The third kappa shape index (κ3) is 4.68. The van der Waals surface area contributed by atoms with Crippen LogP contribution in [0.4, 0.5) is 5.69 Å². The average molecular weight is 382 g/mol. The summed E-state index contributed by atoms with van der Waals surface area (Å²) >= 11 is 1.35. The van der Waals surface area contributed by atoms with E-state index >= 15 is 0 Å². The molecule has 1 N–H and O–H groups in total. The van der Waals surface area contributed by atoms with E-state index in [-0.39, 0.29) is 11.7 Å². The molecule has 7 heteroatoms. The summed E-state index contributed by atoms with van der Waals surface area (Å²) in [5.74, 6) is 1.56. The monoisotopic (exact) mass is 382 g/mol. The van der Waals surface area contributed by atoms with Gasteiger partial charge < -0.3 is 14.6 Å². The molecule has 0 spiro atoms. The van der Waals surface area contributed by atoms with Gasteiger partial charge >= 0.3 is 0 Å². The summed E-state index contributed by atoms with van der Waals surface area (Å²) in [5, 5.41) is 12.0. The van der Waals surface area contributed by atoms with E-state index in [0.717, 1.165) is 11.4 Å². The molecule has 6 nitrogen and oxygen atoms in total. The third-order valence-corrected chi connectivity index (χ3v) is 4.96. The van der Waals surface area contributed by atoms with Crippen LogP contribution in [0, 0.1) is 6.92 Å². The van der Waals surface area contributed by atoms with Crippen molar-refractivity contribution < 1.29 is 9.53 Å². The molecule has 0 saturated heterocycles. The fourth-order valence-corrected chi connectivity index (χ4v) is 3.27. The zero-order valence-corrected chi connectivity index (χ0v) is 16.4. The fraction of sp³-hybridized carbons (Fsp3) is 0.250. The van der Waals surface area contributed by atoms with Crippen LogP contribution >= 0.6 is 11.8 Å². The number of nitrogens with zero attached hydrogens (tertiary/aromatic N) is 3. The van der Waals surface area contributed by atoms with Crippen LogP contribution in [0.15, 0.2) is 53.7 Å². The Balaban J connectivity index is 1.64. The quantitative estimate of drug-likeness (QED) is 0.627. The lowest BCUT2D eigenvalue weighted by Gasteiger charge is -2.11. The van der Waals surface area contributed by atoms with Gasteiger partial charge in [-0.1, -0.05) is 53.7 Å². The predicted octanol–water partition coefficient (Wildman–Crippen LogP) is 3.92. The van der Waals surface area contributed by atoms with E-state index in [2.05, 4.69) is 15.5 Å². The summed E-state index contributed by atoms with van der Waals surface area (Å²) in [6, 6.07) is 15.5. The van der Waals surface area contributed by atoms with Crippen molar-refractivity contribution in [3.63, 3.8) is 0 Å². The predicted molar refractivity (Wildman–Crippen MR) is 108 cm³/mol. The first-order valence-electron chi connectivity index (χ1n) is 8.69. The first-order valence-corrected chi connectivity index (χ1v) is 9.68. The molecule has 0 atom stereocenters. The van der Waals surface area contributed by atoms with Gasteiger partial charge in [0.25, 0.3) is 0 Å². The third-order valence-electron chi connectivity index (χ3n) is 3.94. The molecule has 140 valence electrons. The Morgan fingerprint density at radius 2 is 1.89 bits per heavy atom. The van der Waals surface area contributed by atoms with Crippen LogP contribution < -0.4 is 10.1 Å². The molecule has 3 aromatic rings. The van der Waals surface area contributed by atoms with Crippen LogP contribution in [0.25, 0.3) is 11.4 Å². The van der Waals surface area contributed by atoms with Crippen molar-refractivity contribution in [1.82, 2.24) is 14.8 Å². The number of ether oxygens (including phenoxy) is 1. The Labute approximate surface area is 163 Å². The molecule has 0 aliphatic carbocycles. The van der Waals surface area contributed by atoms with Gasteiger partial charge in [-0.05, 0) is 26.0 Å². The molecule has 0 bridgehead atoms. The lowest BCUT2D eigenvalue weighted by molar-refractivity contribution is -0.113. The standard InChI is InChI=1S/C20H22N4O2S/c1-4-26-17-8-6-5-7-16(17)21-18(25)13-27-20-23-22-19(24(20)3)15-11-9-14(2)10-12-15/h5-12H,4,13H2,1-3H3,(H,21,25). The summed E-state index contributed by atoms with van der Waals surface area (Å²) in [6.07, 6.45) is 0. The summed E-state index contributed by atoms with van der Waals surface area (Å²) in [5.41, 5.74) is 2.86. The number of amides is 1. The highest BCUT2D eigenvalue weighted by Gasteiger charge is 2.14. The number of benzene rings is 2. The van der Waals surface area contributed by atoms with E-state index in [1.165, 1.54) is 17.3 Å². The number of nitrogens with one attached hydrogen (secondary N) is 1. The Kier molecular flexibility index (Phi) is 6.13. The molecule has 0 aliphatic rings. The van der Waals surface area contributed by atoms with Crippen molar-refractivity contribution in [2.45, 2.75) is 19.0 Å². The summed E-state index contributed by atoms with van der Waals surface area (Å²) in [6.45, 7) is 4.50. The van der Waals surface area contributed by atoms with Crippen LogP contribution in [0.2, 0.25) is 0 Å². The Morgan fingerprint density at radius 1 is 1.15 bits per heavy atom. The SMILES string of the molecule is CCOc1ccccc1NC(=O)CSc1nnc(-c2ccc(C)cc2)n1C. The van der Waals surface area contributed by atoms with Crippen molar-refractivity contribution in [1.29, 1.82) is 0 Å². The van der Waals surface area contributed by atoms with Gasteiger partial charge in [0, 0.05) is 12.6 Å². The minimum Gasteiger partial charge on any atom is -0.492 e. The van der Waals surface area contributed by atoms with Gasteiger partial charge in [-0.25, -0.2) is 0 Å². The molecule has 0 fully saturated rings. The van der Waals surface area contributed by atoms with Gasteiger partial charge in [0.15, 0.2) is 11.0 Å². The van der Waals surface area contributed by atoms with E-state index in [4.69, 9.17) is 4.74 Å². The van der Waals surface area contributed by atoms with Gasteiger partial charge in [-0.15, -0.1) is 10.2 Å². The van der Waals surface area contributed by atoms with Crippen LogP contribution in [-0.4, -0.2) is 33.0 Å². The number of aromatic nitrogens is 3. The molecule has 1 aromatic heterocycles. The molecule has 2 aromatic carbocycles. The lowest BCUT2D eigenvalue weighted by Crippen LogP contribution is -2.15. The lowest BCUT2D eigenvalue weighted by atomic mass is 10.1. The number of hydrogen-bond acceptors (Lipinski definition) is 5. The molecule has 3 rings (SSSR count). The Hall–Kier alpha value is -2.80. The molecule has 1 heterocycles. The second kappa shape index (κ2) is 8.73. The minimum absolute atomic E-state index is 0.118. The maximum Gasteiger partial charge on any atom is 0.234 e. The highest BCUT2D eigenvalue weighted by atomic mass is 32.2. The maximum atomic E-state index is 12.3. The van der Waals surface area contributed by atoms with Gasteiger partial charge in [-0.3, -0.25) is 4.79 Å². The van der Waals surface area contributed by atoms with Crippen LogP contribution in [-0.2, 0) is 11.8 Å². The fourth-order valence-electron chi connectivity index (χ4n) is 2.56. The number of rotatable bonds is 7. The second-order valence-electron chi connectivity index (χ2n) is 6.00. The van der Waals surface area contributed by atoms with Crippen molar-refractivity contribution >= 4 is 23.4 Å². The highest BCUT2D eigenvalue weighted by Crippen LogP contribution is 2.25. The average Bonchev–Trinajstić information content (AvgIpc) is 3.03. The van der Waals surface area contributed by atoms with Crippen molar-refractivity contribution in [2.24, 2.45) is 7.05 Å². The van der Waals surface area contributed by atoms with Gasteiger partial charge in [0.1, 0.15) is 5.75 Å². The first-order chi connectivity index (χ1) is 13.1. The Bertz CT molecular complexity index is 922. The van der Waals surface area contributed by atoms with Gasteiger partial charge in [0.2, 0.25) is 5.91 Å². The number of hydrogen-bond donors (Lipinski definition) is 1. The summed E-state index contributed by atoms with van der Waals surface area (Å²) in [4.78, 5) is 12.3. The van der Waals surface area contributed by atoms with Crippen LogP contribution in [0.1, 0.15) is 12.5 Å². The van der Waals surface area contributed by atoms with Crippen molar-refractivity contribution in [3.8, 4) is 17.1 Å². The molecule has 0 radical (unpaired) electrons. The normalized spacial score (nSPS) is 10.6. The molecular weight excluding hydrogens is 360 g/mol. The largest absolute Gasteiger partial charge is 0.492 e. The van der Waals surface area contributed by atoms with E-state index in [1.807, 2.05) is 74.0 Å². The van der Waals surface area contributed by atoms with Crippen LogP contribution in [0.3, 0.4) is 0 Å². The number of thioether (sulfide) groups is 1. The van der Waals surface area contributed by atoms with Gasteiger partial charge in [-0.2, -0.15) is 0 Å².